The fourth-order valence-corrected chi connectivity index (χ4v) is 2.72. The van der Waals surface area contributed by atoms with Crippen LogP contribution in [-0.2, 0) is 0 Å². The predicted molar refractivity (Wildman–Crippen MR) is 83.2 cm³/mol. The lowest BCUT2D eigenvalue weighted by Crippen LogP contribution is -2.46. The van der Waals surface area contributed by atoms with Gasteiger partial charge in [-0.25, -0.2) is 0 Å². The maximum absolute atomic E-state index is 12.4. The second-order valence-corrected chi connectivity index (χ2v) is 5.53. The summed E-state index contributed by atoms with van der Waals surface area (Å²) in [5.41, 5.74) is 0.311. The predicted octanol–water partition coefficient (Wildman–Crippen LogP) is 2.02. The van der Waals surface area contributed by atoms with E-state index >= 15 is 0 Å². The summed E-state index contributed by atoms with van der Waals surface area (Å²) in [6.07, 6.45) is 2.81. The quantitative estimate of drug-likeness (QED) is 0.908. The van der Waals surface area contributed by atoms with E-state index in [1.54, 1.807) is 35.2 Å². The summed E-state index contributed by atoms with van der Waals surface area (Å²) in [5, 5.41) is 12.7. The molecule has 23 heavy (non-hydrogen) atoms. The van der Waals surface area contributed by atoms with Crippen LogP contribution >= 0.6 is 0 Å². The molecule has 2 heterocycles. The van der Waals surface area contributed by atoms with Gasteiger partial charge in [0.25, 0.3) is 11.8 Å². The number of nitrogens with one attached hydrogen (secondary N) is 1. The van der Waals surface area contributed by atoms with E-state index in [4.69, 9.17) is 4.42 Å². The van der Waals surface area contributed by atoms with Crippen LogP contribution in [0.25, 0.3) is 0 Å². The summed E-state index contributed by atoms with van der Waals surface area (Å²) in [6, 6.07) is 9.83. The Balaban J connectivity index is 1.55. The van der Waals surface area contributed by atoms with Crippen LogP contribution in [0.1, 0.15) is 33.8 Å². The van der Waals surface area contributed by atoms with Crippen molar-refractivity contribution < 1.29 is 19.1 Å². The summed E-state index contributed by atoms with van der Waals surface area (Å²) < 4.78 is 5.06. The lowest BCUT2D eigenvalue weighted by molar-refractivity contribution is 0.0693. The molecule has 0 radical (unpaired) electrons. The minimum Gasteiger partial charge on any atom is -0.507 e. The van der Waals surface area contributed by atoms with E-state index in [1.165, 1.54) is 12.3 Å². The van der Waals surface area contributed by atoms with Crippen LogP contribution in [0.4, 0.5) is 0 Å². The Hall–Kier alpha value is -2.76. The molecule has 0 aliphatic carbocycles. The Kier molecular flexibility index (Phi) is 4.32. The van der Waals surface area contributed by atoms with Crippen molar-refractivity contribution in [2.45, 2.75) is 18.9 Å². The van der Waals surface area contributed by atoms with E-state index in [9.17, 15) is 14.7 Å². The molecule has 2 aromatic rings. The van der Waals surface area contributed by atoms with Crippen molar-refractivity contribution in [1.29, 1.82) is 0 Å². The van der Waals surface area contributed by atoms with Crippen LogP contribution in [0.5, 0.6) is 5.75 Å². The number of aromatic hydroxyl groups is 1. The minimum atomic E-state index is -0.236. The van der Waals surface area contributed by atoms with Crippen LogP contribution in [-0.4, -0.2) is 41.0 Å². The molecule has 1 fully saturated rings. The molecule has 2 N–H and O–H groups in total. The molecule has 1 aliphatic rings. The number of phenolic OH excluding ortho intramolecular Hbond substituents is 1. The fourth-order valence-electron chi connectivity index (χ4n) is 2.72. The normalized spacial score (nSPS) is 15.4. The van der Waals surface area contributed by atoms with Crippen LogP contribution < -0.4 is 5.32 Å². The third kappa shape index (κ3) is 3.36. The largest absolute Gasteiger partial charge is 0.507 e. The molecule has 1 aromatic carbocycles. The van der Waals surface area contributed by atoms with Crippen molar-refractivity contribution in [3.05, 3.63) is 54.0 Å². The SMILES string of the molecule is O=C(NC1CCN(C(=O)c2ccccc2O)CC1)c1ccco1. The van der Waals surface area contributed by atoms with E-state index in [0.717, 1.165) is 0 Å². The number of hydrogen-bond donors (Lipinski definition) is 2. The van der Waals surface area contributed by atoms with Gasteiger partial charge in [0, 0.05) is 19.1 Å². The van der Waals surface area contributed by atoms with Crippen molar-refractivity contribution in [3.63, 3.8) is 0 Å². The van der Waals surface area contributed by atoms with E-state index in [1.807, 2.05) is 0 Å². The van der Waals surface area contributed by atoms with E-state index in [2.05, 4.69) is 5.32 Å². The Labute approximate surface area is 133 Å². The summed E-state index contributed by atoms with van der Waals surface area (Å²) in [4.78, 5) is 26.0. The topological polar surface area (TPSA) is 82.8 Å². The second kappa shape index (κ2) is 6.56. The van der Waals surface area contributed by atoms with Crippen LogP contribution in [0.3, 0.4) is 0 Å². The highest BCUT2D eigenvalue weighted by atomic mass is 16.3. The first-order valence-electron chi connectivity index (χ1n) is 7.57. The molecule has 6 nitrogen and oxygen atoms in total. The lowest BCUT2D eigenvalue weighted by atomic mass is 10.0. The number of hydrogen-bond acceptors (Lipinski definition) is 4. The van der Waals surface area contributed by atoms with Gasteiger partial charge in [0.15, 0.2) is 5.76 Å². The van der Waals surface area contributed by atoms with Gasteiger partial charge in [0.2, 0.25) is 0 Å². The Morgan fingerprint density at radius 2 is 1.87 bits per heavy atom. The standard InChI is InChI=1S/C17H18N2O4/c20-14-5-2-1-4-13(14)17(22)19-9-7-12(8-10-19)18-16(21)15-6-3-11-23-15/h1-6,11-12,20H,7-10H2,(H,18,21). The molecule has 0 bridgehead atoms. The number of phenols is 1. The third-order valence-electron chi connectivity index (χ3n) is 4.00. The maximum Gasteiger partial charge on any atom is 0.287 e. The zero-order chi connectivity index (χ0) is 16.2. The molecule has 1 saturated heterocycles. The molecule has 1 aliphatic heterocycles. The molecular formula is C17H18N2O4. The molecule has 0 unspecified atom stereocenters. The molecule has 3 rings (SSSR count). The van der Waals surface area contributed by atoms with Gasteiger partial charge in [0.05, 0.1) is 11.8 Å². The number of amides is 2. The molecule has 1 aromatic heterocycles. The molecule has 0 atom stereocenters. The number of nitrogens with zero attached hydrogens (tertiary/aromatic N) is 1. The number of furan rings is 1. The Morgan fingerprint density at radius 1 is 1.13 bits per heavy atom. The van der Waals surface area contributed by atoms with E-state index in [-0.39, 0.29) is 29.4 Å². The Morgan fingerprint density at radius 3 is 2.52 bits per heavy atom. The highest BCUT2D eigenvalue weighted by molar-refractivity contribution is 5.97. The highest BCUT2D eigenvalue weighted by Crippen LogP contribution is 2.20. The average Bonchev–Trinajstić information content (AvgIpc) is 3.10. The first-order chi connectivity index (χ1) is 11.1. The zero-order valence-electron chi connectivity index (χ0n) is 12.6. The van der Waals surface area contributed by atoms with Gasteiger partial charge in [-0.3, -0.25) is 9.59 Å². The first kappa shape index (κ1) is 15.1. The van der Waals surface area contributed by atoms with Crippen LogP contribution in [0, 0.1) is 0 Å². The van der Waals surface area contributed by atoms with Crippen LogP contribution in [0.2, 0.25) is 0 Å². The number of piperidine rings is 1. The third-order valence-corrected chi connectivity index (χ3v) is 4.00. The highest BCUT2D eigenvalue weighted by Gasteiger charge is 2.26. The lowest BCUT2D eigenvalue weighted by Gasteiger charge is -2.32. The van der Waals surface area contributed by atoms with E-state index < -0.39 is 0 Å². The monoisotopic (exact) mass is 314 g/mol. The average molecular weight is 314 g/mol. The van der Waals surface area contributed by atoms with Crippen molar-refractivity contribution >= 4 is 11.8 Å². The minimum absolute atomic E-state index is 0.00857. The number of para-hydroxylation sites is 1. The van der Waals surface area contributed by atoms with Crippen molar-refractivity contribution in [3.8, 4) is 5.75 Å². The number of benzene rings is 1. The molecule has 0 spiro atoms. The van der Waals surface area contributed by atoms with Gasteiger partial charge in [-0.1, -0.05) is 12.1 Å². The van der Waals surface area contributed by atoms with Gasteiger partial charge in [-0.05, 0) is 37.1 Å². The van der Waals surface area contributed by atoms with Crippen molar-refractivity contribution in [2.75, 3.05) is 13.1 Å². The van der Waals surface area contributed by atoms with Crippen molar-refractivity contribution in [2.24, 2.45) is 0 Å². The summed E-state index contributed by atoms with van der Waals surface area (Å²) >= 11 is 0. The molecule has 120 valence electrons. The van der Waals surface area contributed by atoms with Crippen LogP contribution in [0.15, 0.2) is 47.1 Å². The number of carbonyl (C=O) groups is 2. The van der Waals surface area contributed by atoms with Gasteiger partial charge in [-0.15, -0.1) is 0 Å². The zero-order valence-corrected chi connectivity index (χ0v) is 12.6. The molecule has 0 saturated carbocycles. The van der Waals surface area contributed by atoms with Gasteiger partial charge < -0.3 is 19.7 Å². The number of likely N-dealkylation sites (tertiary alicyclic amines) is 1. The molecule has 2 amide bonds. The van der Waals surface area contributed by atoms with Gasteiger partial charge in [0.1, 0.15) is 5.75 Å². The summed E-state index contributed by atoms with van der Waals surface area (Å²) in [5.74, 6) is -0.136. The molecule has 6 heteroatoms. The number of carbonyl (C=O) groups excluding carboxylic acids is 2. The smallest absolute Gasteiger partial charge is 0.287 e. The fraction of sp³-hybridized carbons (Fsp3) is 0.294. The first-order valence-corrected chi connectivity index (χ1v) is 7.57. The van der Waals surface area contributed by atoms with Crippen molar-refractivity contribution in [1.82, 2.24) is 10.2 Å². The maximum atomic E-state index is 12.4. The second-order valence-electron chi connectivity index (χ2n) is 5.53. The van der Waals surface area contributed by atoms with Gasteiger partial charge >= 0.3 is 0 Å². The van der Waals surface area contributed by atoms with E-state index in [0.29, 0.717) is 31.5 Å². The summed E-state index contributed by atoms with van der Waals surface area (Å²) in [7, 11) is 0. The van der Waals surface area contributed by atoms with Gasteiger partial charge in [-0.2, -0.15) is 0 Å². The number of rotatable bonds is 3. The Bertz CT molecular complexity index is 688. The summed E-state index contributed by atoms with van der Waals surface area (Å²) in [6.45, 7) is 1.08. The molecular weight excluding hydrogens is 296 g/mol.